The van der Waals surface area contributed by atoms with E-state index in [1.54, 1.807) is 12.1 Å². The van der Waals surface area contributed by atoms with Crippen LogP contribution in [0.3, 0.4) is 0 Å². The van der Waals surface area contributed by atoms with Crippen molar-refractivity contribution in [2.75, 3.05) is 23.3 Å². The number of nitrogens with zero attached hydrogens (tertiary/aromatic N) is 1. The van der Waals surface area contributed by atoms with Crippen molar-refractivity contribution in [2.24, 2.45) is 5.73 Å². The van der Waals surface area contributed by atoms with Crippen LogP contribution in [0.1, 0.15) is 23.7 Å². The number of rotatable bonds is 4. The Kier molecular flexibility index (Phi) is 3.71. The molecule has 0 fully saturated rings. The zero-order chi connectivity index (χ0) is 14.0. The second-order valence-electron chi connectivity index (χ2n) is 4.64. The van der Waals surface area contributed by atoms with Crippen LogP contribution in [0.15, 0.2) is 18.2 Å². The molecule has 4 N–H and O–H groups in total. The first-order valence-electron chi connectivity index (χ1n) is 6.17. The molecule has 2 rings (SSSR count). The SMILES string of the molecule is CC(CCN)N1CC(=O)Nc2ccc(C(=O)O)cc21. The lowest BCUT2D eigenvalue weighted by atomic mass is 10.1. The van der Waals surface area contributed by atoms with Crippen molar-refractivity contribution in [1.82, 2.24) is 0 Å². The summed E-state index contributed by atoms with van der Waals surface area (Å²) in [5.41, 5.74) is 7.14. The van der Waals surface area contributed by atoms with E-state index < -0.39 is 5.97 Å². The van der Waals surface area contributed by atoms with Crippen molar-refractivity contribution in [3.8, 4) is 0 Å². The van der Waals surface area contributed by atoms with Crippen LogP contribution in [-0.4, -0.2) is 36.1 Å². The van der Waals surface area contributed by atoms with E-state index in [1.165, 1.54) is 6.07 Å². The van der Waals surface area contributed by atoms with Crippen molar-refractivity contribution in [3.05, 3.63) is 23.8 Å². The number of hydrogen-bond acceptors (Lipinski definition) is 4. The lowest BCUT2D eigenvalue weighted by Gasteiger charge is -2.35. The van der Waals surface area contributed by atoms with Crippen LogP contribution in [0.25, 0.3) is 0 Å². The van der Waals surface area contributed by atoms with E-state index in [-0.39, 0.29) is 24.1 Å². The molecule has 1 aromatic rings. The maximum Gasteiger partial charge on any atom is 0.335 e. The van der Waals surface area contributed by atoms with Gasteiger partial charge < -0.3 is 21.1 Å². The first kappa shape index (κ1) is 13.4. The third kappa shape index (κ3) is 2.68. The molecule has 0 saturated heterocycles. The summed E-state index contributed by atoms with van der Waals surface area (Å²) in [6.07, 6.45) is 0.740. The molecule has 6 nitrogen and oxygen atoms in total. The summed E-state index contributed by atoms with van der Waals surface area (Å²) in [6, 6.07) is 4.78. The highest BCUT2D eigenvalue weighted by Crippen LogP contribution is 2.32. The first-order chi connectivity index (χ1) is 9.02. The molecule has 6 heteroatoms. The highest BCUT2D eigenvalue weighted by molar-refractivity contribution is 6.02. The molecule has 1 aliphatic rings. The van der Waals surface area contributed by atoms with Crippen LogP contribution in [-0.2, 0) is 4.79 Å². The lowest BCUT2D eigenvalue weighted by molar-refractivity contribution is -0.115. The number of benzene rings is 1. The van der Waals surface area contributed by atoms with Gasteiger partial charge in [-0.15, -0.1) is 0 Å². The molecule has 0 radical (unpaired) electrons. The zero-order valence-electron chi connectivity index (χ0n) is 10.7. The van der Waals surface area contributed by atoms with Crippen LogP contribution in [0.2, 0.25) is 0 Å². The van der Waals surface area contributed by atoms with Crippen molar-refractivity contribution in [1.29, 1.82) is 0 Å². The van der Waals surface area contributed by atoms with Crippen LogP contribution >= 0.6 is 0 Å². The van der Waals surface area contributed by atoms with Gasteiger partial charge in [-0.1, -0.05) is 0 Å². The second kappa shape index (κ2) is 5.27. The summed E-state index contributed by atoms with van der Waals surface area (Å²) in [7, 11) is 0. The molecule has 0 bridgehead atoms. The molecule has 0 aromatic heterocycles. The Bertz CT molecular complexity index is 516. The molecule has 0 spiro atoms. The van der Waals surface area contributed by atoms with Crippen molar-refractivity contribution in [3.63, 3.8) is 0 Å². The van der Waals surface area contributed by atoms with Crippen LogP contribution in [0, 0.1) is 0 Å². The van der Waals surface area contributed by atoms with Crippen LogP contribution < -0.4 is 16.0 Å². The molecule has 0 saturated carbocycles. The fourth-order valence-corrected chi connectivity index (χ4v) is 2.23. The Hall–Kier alpha value is -2.08. The second-order valence-corrected chi connectivity index (χ2v) is 4.64. The Balaban J connectivity index is 2.41. The summed E-state index contributed by atoms with van der Waals surface area (Å²) in [6.45, 7) is 2.72. The minimum atomic E-state index is -0.980. The first-order valence-corrected chi connectivity index (χ1v) is 6.17. The molecule has 1 heterocycles. The van der Waals surface area contributed by atoms with Crippen molar-refractivity contribution < 1.29 is 14.7 Å². The van der Waals surface area contributed by atoms with Gasteiger partial charge in [-0.2, -0.15) is 0 Å². The Morgan fingerprint density at radius 1 is 1.58 bits per heavy atom. The van der Waals surface area contributed by atoms with E-state index in [2.05, 4.69) is 5.32 Å². The van der Waals surface area contributed by atoms with Gasteiger partial charge in [0.15, 0.2) is 0 Å². The Morgan fingerprint density at radius 3 is 2.95 bits per heavy atom. The minimum absolute atomic E-state index is 0.0823. The number of carboxylic acid groups (broad SMARTS) is 1. The average Bonchev–Trinajstić information content (AvgIpc) is 2.37. The van der Waals surface area contributed by atoms with Gasteiger partial charge in [-0.05, 0) is 38.1 Å². The van der Waals surface area contributed by atoms with E-state index in [9.17, 15) is 9.59 Å². The molecule has 102 valence electrons. The monoisotopic (exact) mass is 263 g/mol. The molecular weight excluding hydrogens is 246 g/mol. The van der Waals surface area contributed by atoms with E-state index in [0.29, 0.717) is 12.2 Å². The smallest absolute Gasteiger partial charge is 0.335 e. The largest absolute Gasteiger partial charge is 0.478 e. The molecule has 19 heavy (non-hydrogen) atoms. The summed E-state index contributed by atoms with van der Waals surface area (Å²) >= 11 is 0. The molecular formula is C13H17N3O3. The molecule has 1 atom stereocenters. The van der Waals surface area contributed by atoms with Gasteiger partial charge in [0, 0.05) is 6.04 Å². The molecule has 1 amide bonds. The topological polar surface area (TPSA) is 95.7 Å². The van der Waals surface area contributed by atoms with Gasteiger partial charge in [0.05, 0.1) is 23.5 Å². The van der Waals surface area contributed by atoms with Crippen LogP contribution in [0.5, 0.6) is 0 Å². The van der Waals surface area contributed by atoms with Gasteiger partial charge in [0.1, 0.15) is 0 Å². The van der Waals surface area contributed by atoms with Crippen molar-refractivity contribution in [2.45, 2.75) is 19.4 Å². The molecule has 1 unspecified atom stereocenters. The van der Waals surface area contributed by atoms with E-state index in [1.807, 2.05) is 11.8 Å². The molecule has 0 aliphatic carbocycles. The maximum atomic E-state index is 11.7. The highest BCUT2D eigenvalue weighted by atomic mass is 16.4. The fourth-order valence-electron chi connectivity index (χ4n) is 2.23. The number of aromatic carboxylic acids is 1. The van der Waals surface area contributed by atoms with Gasteiger partial charge >= 0.3 is 5.97 Å². The minimum Gasteiger partial charge on any atom is -0.478 e. The number of amides is 1. The van der Waals surface area contributed by atoms with E-state index >= 15 is 0 Å². The standard InChI is InChI=1S/C13H17N3O3/c1-8(4-5-14)16-7-12(17)15-10-3-2-9(13(18)19)6-11(10)16/h2-3,6,8H,4-5,7,14H2,1H3,(H,15,17)(H,18,19). The number of carbonyl (C=O) groups is 2. The Morgan fingerprint density at radius 2 is 2.32 bits per heavy atom. The van der Waals surface area contributed by atoms with E-state index in [4.69, 9.17) is 10.8 Å². The zero-order valence-corrected chi connectivity index (χ0v) is 10.7. The summed E-state index contributed by atoms with van der Waals surface area (Å²) in [4.78, 5) is 24.6. The number of nitrogens with two attached hydrogens (primary N) is 1. The fraction of sp³-hybridized carbons (Fsp3) is 0.385. The number of carbonyl (C=O) groups excluding carboxylic acids is 1. The maximum absolute atomic E-state index is 11.7. The normalized spacial score (nSPS) is 15.7. The average molecular weight is 263 g/mol. The number of carboxylic acids is 1. The summed E-state index contributed by atoms with van der Waals surface area (Å²) < 4.78 is 0. The number of anilines is 2. The molecule has 1 aromatic carbocycles. The third-order valence-corrected chi connectivity index (χ3v) is 3.26. The van der Waals surface area contributed by atoms with E-state index in [0.717, 1.165) is 12.1 Å². The van der Waals surface area contributed by atoms with Crippen molar-refractivity contribution >= 4 is 23.3 Å². The molecule has 1 aliphatic heterocycles. The third-order valence-electron chi connectivity index (χ3n) is 3.26. The van der Waals surface area contributed by atoms with Gasteiger partial charge in [0.2, 0.25) is 5.91 Å². The van der Waals surface area contributed by atoms with Gasteiger partial charge in [-0.25, -0.2) is 4.79 Å². The highest BCUT2D eigenvalue weighted by Gasteiger charge is 2.26. The van der Waals surface area contributed by atoms with Gasteiger partial charge in [0.25, 0.3) is 0 Å². The number of hydrogen-bond donors (Lipinski definition) is 3. The Labute approximate surface area is 111 Å². The predicted octanol–water partition coefficient (Wildman–Crippen LogP) is 0.881. The summed E-state index contributed by atoms with van der Waals surface area (Å²) in [5.74, 6) is -1.08. The van der Waals surface area contributed by atoms with Gasteiger partial charge in [-0.3, -0.25) is 4.79 Å². The van der Waals surface area contributed by atoms with Crippen LogP contribution in [0.4, 0.5) is 11.4 Å². The predicted molar refractivity (Wildman–Crippen MR) is 72.5 cm³/mol. The number of nitrogens with one attached hydrogen (secondary N) is 1. The summed E-state index contributed by atoms with van der Waals surface area (Å²) in [5, 5.41) is 11.8. The lowest BCUT2D eigenvalue weighted by Crippen LogP contribution is -2.44. The quantitative estimate of drug-likeness (QED) is 0.749. The number of fused-ring (bicyclic) bond motifs is 1.